The second-order valence-corrected chi connectivity index (χ2v) is 6.83. The number of H-pyrrole nitrogens is 2. The van der Waals surface area contributed by atoms with Crippen LogP contribution in [-0.2, 0) is 6.54 Å². The van der Waals surface area contributed by atoms with E-state index in [0.29, 0.717) is 23.5 Å². The monoisotopic (exact) mass is 373 g/mol. The normalized spacial score (nSPS) is 11.3. The third-order valence-electron chi connectivity index (χ3n) is 4.97. The van der Waals surface area contributed by atoms with E-state index in [1.54, 1.807) is 0 Å². The summed E-state index contributed by atoms with van der Waals surface area (Å²) in [5.41, 5.74) is 9.40. The molecule has 0 bridgehead atoms. The van der Waals surface area contributed by atoms with Crippen LogP contribution in [0.5, 0.6) is 0 Å². The Bertz CT molecular complexity index is 1060. The summed E-state index contributed by atoms with van der Waals surface area (Å²) in [6.07, 6.45) is 2.77. The molecule has 4 rings (SSSR count). The van der Waals surface area contributed by atoms with Crippen LogP contribution < -0.4 is 16.6 Å². The Morgan fingerprint density at radius 3 is 2.29 bits per heavy atom. The van der Waals surface area contributed by atoms with E-state index in [4.69, 9.17) is 5.73 Å². The molecule has 6 nitrogen and oxygen atoms in total. The molecule has 2 heterocycles. The van der Waals surface area contributed by atoms with Gasteiger partial charge in [0.25, 0.3) is 5.56 Å². The first-order valence-corrected chi connectivity index (χ1v) is 9.38. The quantitative estimate of drug-likeness (QED) is 0.374. The fourth-order valence-corrected chi connectivity index (χ4v) is 3.63. The average molecular weight is 373 g/mol. The summed E-state index contributed by atoms with van der Waals surface area (Å²) >= 11 is 0. The highest BCUT2D eigenvalue weighted by atomic mass is 16.1. The number of aromatic amines is 2. The number of anilines is 1. The van der Waals surface area contributed by atoms with Gasteiger partial charge in [-0.2, -0.15) is 4.98 Å². The van der Waals surface area contributed by atoms with E-state index in [2.05, 4.69) is 68.8 Å². The van der Waals surface area contributed by atoms with Crippen LogP contribution in [0.2, 0.25) is 0 Å². The van der Waals surface area contributed by atoms with Crippen molar-refractivity contribution < 1.29 is 0 Å². The largest absolute Gasteiger partial charge is 0.369 e. The SMILES string of the molecule is Nc1nc2[nH]cc(CNCCC(c3ccccc3)c3ccccc3)c2c(=O)[nH]1. The topological polar surface area (TPSA) is 99.6 Å². The molecule has 0 spiro atoms. The summed E-state index contributed by atoms with van der Waals surface area (Å²) in [7, 11) is 0. The minimum atomic E-state index is -0.216. The fraction of sp³-hybridized carbons (Fsp3) is 0.182. The van der Waals surface area contributed by atoms with Crippen molar-refractivity contribution in [3.8, 4) is 0 Å². The lowest BCUT2D eigenvalue weighted by Gasteiger charge is -2.18. The molecule has 6 heteroatoms. The van der Waals surface area contributed by atoms with E-state index in [1.807, 2.05) is 18.3 Å². The molecule has 0 aliphatic heterocycles. The zero-order valence-corrected chi connectivity index (χ0v) is 15.5. The first-order valence-electron chi connectivity index (χ1n) is 9.38. The minimum absolute atomic E-state index is 0.118. The number of fused-ring (bicyclic) bond motifs is 1. The highest BCUT2D eigenvalue weighted by molar-refractivity contribution is 5.79. The van der Waals surface area contributed by atoms with E-state index in [9.17, 15) is 4.79 Å². The Balaban J connectivity index is 1.45. The first kappa shape index (κ1) is 18.0. The van der Waals surface area contributed by atoms with Gasteiger partial charge < -0.3 is 16.0 Å². The third kappa shape index (κ3) is 3.82. The van der Waals surface area contributed by atoms with Gasteiger partial charge in [0.15, 0.2) is 0 Å². The smallest absolute Gasteiger partial charge is 0.262 e. The number of nitrogens with one attached hydrogen (secondary N) is 3. The maximum Gasteiger partial charge on any atom is 0.262 e. The van der Waals surface area contributed by atoms with Gasteiger partial charge in [-0.1, -0.05) is 60.7 Å². The Labute approximate surface area is 162 Å². The van der Waals surface area contributed by atoms with Gasteiger partial charge in [0, 0.05) is 18.7 Å². The molecule has 0 aliphatic carbocycles. The van der Waals surface area contributed by atoms with Crippen molar-refractivity contribution in [1.29, 1.82) is 0 Å². The number of rotatable bonds is 7. The molecule has 0 saturated carbocycles. The van der Waals surface area contributed by atoms with E-state index in [-0.39, 0.29) is 11.5 Å². The van der Waals surface area contributed by atoms with E-state index in [1.165, 1.54) is 11.1 Å². The molecule has 0 radical (unpaired) electrons. The number of nitrogen functional groups attached to an aromatic ring is 1. The molecule has 0 atom stereocenters. The van der Waals surface area contributed by atoms with Crippen LogP contribution in [0, 0.1) is 0 Å². The van der Waals surface area contributed by atoms with Crippen molar-refractivity contribution in [2.75, 3.05) is 12.3 Å². The second-order valence-electron chi connectivity index (χ2n) is 6.83. The van der Waals surface area contributed by atoms with Crippen molar-refractivity contribution in [1.82, 2.24) is 20.3 Å². The molecular formula is C22H23N5O. The van der Waals surface area contributed by atoms with Crippen molar-refractivity contribution >= 4 is 17.0 Å². The predicted octanol–water partition coefficient (Wildman–Crippen LogP) is 3.15. The van der Waals surface area contributed by atoms with Crippen LogP contribution in [0.25, 0.3) is 11.0 Å². The molecule has 0 unspecified atom stereocenters. The van der Waals surface area contributed by atoms with Crippen LogP contribution in [0.15, 0.2) is 71.7 Å². The number of hydrogen-bond acceptors (Lipinski definition) is 4. The van der Waals surface area contributed by atoms with Crippen molar-refractivity contribution in [3.05, 3.63) is 93.9 Å². The molecule has 0 saturated heterocycles. The van der Waals surface area contributed by atoms with Gasteiger partial charge in [-0.05, 0) is 29.7 Å². The lowest BCUT2D eigenvalue weighted by Crippen LogP contribution is -2.19. The number of benzene rings is 2. The van der Waals surface area contributed by atoms with E-state index >= 15 is 0 Å². The summed E-state index contributed by atoms with van der Waals surface area (Å²) in [6, 6.07) is 21.1. The molecular weight excluding hydrogens is 350 g/mol. The zero-order valence-electron chi connectivity index (χ0n) is 15.5. The van der Waals surface area contributed by atoms with Gasteiger partial charge in [-0.3, -0.25) is 9.78 Å². The second kappa shape index (κ2) is 8.10. The minimum Gasteiger partial charge on any atom is -0.369 e. The maximum atomic E-state index is 12.2. The summed E-state index contributed by atoms with van der Waals surface area (Å²) in [5.74, 6) is 0.440. The summed E-state index contributed by atoms with van der Waals surface area (Å²) in [4.78, 5) is 21.9. The van der Waals surface area contributed by atoms with Crippen molar-refractivity contribution in [2.45, 2.75) is 18.9 Å². The Hall–Kier alpha value is -3.38. The summed E-state index contributed by atoms with van der Waals surface area (Å²) in [6.45, 7) is 1.41. The summed E-state index contributed by atoms with van der Waals surface area (Å²) in [5, 5.41) is 4.02. The molecule has 0 fully saturated rings. The highest BCUT2D eigenvalue weighted by Crippen LogP contribution is 2.27. The third-order valence-corrected chi connectivity index (χ3v) is 4.97. The molecule has 0 amide bonds. The molecule has 5 N–H and O–H groups in total. The van der Waals surface area contributed by atoms with Crippen LogP contribution in [0.3, 0.4) is 0 Å². The lowest BCUT2D eigenvalue weighted by molar-refractivity contribution is 0.613. The van der Waals surface area contributed by atoms with E-state index < -0.39 is 0 Å². The molecule has 142 valence electrons. The Morgan fingerprint density at radius 2 is 1.64 bits per heavy atom. The van der Waals surface area contributed by atoms with Gasteiger partial charge in [0.05, 0.1) is 5.39 Å². The lowest BCUT2D eigenvalue weighted by atomic mass is 9.88. The zero-order chi connectivity index (χ0) is 19.3. The molecule has 28 heavy (non-hydrogen) atoms. The van der Waals surface area contributed by atoms with Gasteiger partial charge in [0.2, 0.25) is 5.95 Å². The van der Waals surface area contributed by atoms with E-state index in [0.717, 1.165) is 18.5 Å². The molecule has 0 aliphatic rings. The number of hydrogen-bond donors (Lipinski definition) is 4. The van der Waals surface area contributed by atoms with Gasteiger partial charge >= 0.3 is 0 Å². The first-order chi connectivity index (χ1) is 13.7. The van der Waals surface area contributed by atoms with Crippen LogP contribution in [0.4, 0.5) is 5.95 Å². The Morgan fingerprint density at radius 1 is 1.00 bits per heavy atom. The molecule has 2 aromatic carbocycles. The van der Waals surface area contributed by atoms with Gasteiger partial charge in [-0.25, -0.2) is 0 Å². The average Bonchev–Trinajstić information content (AvgIpc) is 3.12. The van der Waals surface area contributed by atoms with Gasteiger partial charge in [-0.15, -0.1) is 0 Å². The van der Waals surface area contributed by atoms with Crippen LogP contribution in [0.1, 0.15) is 29.0 Å². The van der Waals surface area contributed by atoms with Crippen LogP contribution >= 0.6 is 0 Å². The predicted molar refractivity (Wildman–Crippen MR) is 112 cm³/mol. The standard InChI is InChI=1S/C22H23N5O/c23-22-26-20-19(21(28)27-22)17(14-25-20)13-24-12-11-18(15-7-3-1-4-8-15)16-9-5-2-6-10-16/h1-10,14,18,24H,11-13H2,(H4,23,25,26,27,28). The van der Waals surface area contributed by atoms with Crippen molar-refractivity contribution in [2.24, 2.45) is 0 Å². The van der Waals surface area contributed by atoms with Gasteiger partial charge in [0.1, 0.15) is 5.65 Å². The molecule has 4 aromatic rings. The maximum absolute atomic E-state index is 12.2. The number of aromatic nitrogens is 3. The van der Waals surface area contributed by atoms with Crippen LogP contribution in [-0.4, -0.2) is 21.5 Å². The highest BCUT2D eigenvalue weighted by Gasteiger charge is 2.14. The number of nitrogens with two attached hydrogens (primary N) is 1. The number of nitrogens with zero attached hydrogens (tertiary/aromatic N) is 1. The Kier molecular flexibility index (Phi) is 5.21. The summed E-state index contributed by atoms with van der Waals surface area (Å²) < 4.78 is 0. The van der Waals surface area contributed by atoms with Crippen molar-refractivity contribution in [3.63, 3.8) is 0 Å². The molecule has 2 aromatic heterocycles. The fourth-order valence-electron chi connectivity index (χ4n) is 3.63.